The fraction of sp³-hybridized carbons (Fsp3) is 0.379. The quantitative estimate of drug-likeness (QED) is 0.476. The van der Waals surface area contributed by atoms with Crippen LogP contribution in [0.25, 0.3) is 11.3 Å². The predicted molar refractivity (Wildman–Crippen MR) is 143 cm³/mol. The average molecular weight is 486 g/mol. The maximum Gasteiger partial charge on any atom is 0.254 e. The molecule has 36 heavy (non-hydrogen) atoms. The van der Waals surface area contributed by atoms with Gasteiger partial charge in [-0.15, -0.1) is 10.2 Å². The Balaban J connectivity index is 1.35. The van der Waals surface area contributed by atoms with E-state index in [1.54, 1.807) is 17.0 Å². The van der Waals surface area contributed by atoms with E-state index in [4.69, 9.17) is 0 Å². The Hall–Kier alpha value is -3.74. The molecule has 188 valence electrons. The van der Waals surface area contributed by atoms with Crippen molar-refractivity contribution in [3.05, 3.63) is 77.9 Å². The van der Waals surface area contributed by atoms with Gasteiger partial charge in [0, 0.05) is 43.9 Å². The number of carbonyl (C=O) groups excluding carboxylic acids is 2. The van der Waals surface area contributed by atoms with Crippen molar-refractivity contribution in [3.8, 4) is 11.3 Å². The number of nitrogens with zero attached hydrogens (tertiary/aromatic N) is 5. The molecule has 2 heterocycles. The Morgan fingerprint density at radius 2 is 1.61 bits per heavy atom. The number of hydrogen-bond donors (Lipinski definition) is 0. The van der Waals surface area contributed by atoms with Crippen molar-refractivity contribution in [3.63, 3.8) is 0 Å². The third kappa shape index (κ3) is 6.27. The fourth-order valence-electron chi connectivity index (χ4n) is 4.31. The summed E-state index contributed by atoms with van der Waals surface area (Å²) in [4.78, 5) is 32.0. The highest BCUT2D eigenvalue weighted by atomic mass is 16.2. The first-order valence-electron chi connectivity index (χ1n) is 12.7. The molecule has 2 aromatic carbocycles. The van der Waals surface area contributed by atoms with Gasteiger partial charge >= 0.3 is 0 Å². The molecule has 1 saturated heterocycles. The van der Waals surface area contributed by atoms with E-state index in [1.165, 1.54) is 5.56 Å². The van der Waals surface area contributed by atoms with Gasteiger partial charge in [-0.05, 0) is 37.1 Å². The minimum absolute atomic E-state index is 0.0111. The second-order valence-corrected chi connectivity index (χ2v) is 9.58. The molecule has 7 nitrogen and oxygen atoms in total. The highest BCUT2D eigenvalue weighted by Gasteiger charge is 2.26. The minimum atomic E-state index is -0.0909. The number of aromatic nitrogens is 2. The largest absolute Gasteiger partial charge is 0.352 e. The Labute approximate surface area is 213 Å². The molecule has 7 heteroatoms. The summed E-state index contributed by atoms with van der Waals surface area (Å²) in [7, 11) is 0. The normalized spacial score (nSPS) is 14.4. The number of piperazine rings is 1. The lowest BCUT2D eigenvalue weighted by molar-refractivity contribution is -0.132. The molecule has 0 aliphatic carbocycles. The highest BCUT2D eigenvalue weighted by Crippen LogP contribution is 2.20. The molecule has 1 atom stereocenters. The van der Waals surface area contributed by atoms with Gasteiger partial charge in [-0.3, -0.25) is 9.59 Å². The van der Waals surface area contributed by atoms with Gasteiger partial charge in [0.05, 0.1) is 5.69 Å². The SMILES string of the molecule is CC[C@H](C)CN(CC(=O)N1CCN(c2ccc(-c3ccc(C)cc3)nn2)CC1)C(=O)c1ccccc1. The topological polar surface area (TPSA) is 69.6 Å². The Morgan fingerprint density at radius 1 is 0.917 bits per heavy atom. The van der Waals surface area contributed by atoms with Crippen LogP contribution >= 0.6 is 0 Å². The third-order valence-electron chi connectivity index (χ3n) is 6.82. The Morgan fingerprint density at radius 3 is 2.22 bits per heavy atom. The smallest absolute Gasteiger partial charge is 0.254 e. The summed E-state index contributed by atoms with van der Waals surface area (Å²) in [5.41, 5.74) is 3.72. The van der Waals surface area contributed by atoms with Gasteiger partial charge in [0.2, 0.25) is 5.91 Å². The van der Waals surface area contributed by atoms with Crippen LogP contribution in [0.3, 0.4) is 0 Å². The fourth-order valence-corrected chi connectivity index (χ4v) is 4.31. The van der Waals surface area contributed by atoms with Crippen molar-refractivity contribution in [2.24, 2.45) is 5.92 Å². The van der Waals surface area contributed by atoms with E-state index in [0.29, 0.717) is 44.2 Å². The number of aryl methyl sites for hydroxylation is 1. The molecular weight excluding hydrogens is 450 g/mol. The van der Waals surface area contributed by atoms with E-state index in [9.17, 15) is 9.59 Å². The molecule has 0 saturated carbocycles. The van der Waals surface area contributed by atoms with E-state index in [0.717, 1.165) is 23.5 Å². The summed E-state index contributed by atoms with van der Waals surface area (Å²) in [6.07, 6.45) is 0.954. The number of anilines is 1. The summed E-state index contributed by atoms with van der Waals surface area (Å²) in [5, 5.41) is 8.85. The van der Waals surface area contributed by atoms with Gasteiger partial charge in [-0.2, -0.15) is 0 Å². The van der Waals surface area contributed by atoms with Gasteiger partial charge in [-0.25, -0.2) is 0 Å². The molecule has 4 rings (SSSR count). The molecular formula is C29H35N5O2. The summed E-state index contributed by atoms with van der Waals surface area (Å²) < 4.78 is 0. The van der Waals surface area contributed by atoms with Gasteiger partial charge < -0.3 is 14.7 Å². The molecule has 1 aromatic heterocycles. The summed E-state index contributed by atoms with van der Waals surface area (Å²) in [5.74, 6) is 1.04. The monoisotopic (exact) mass is 485 g/mol. The van der Waals surface area contributed by atoms with Crippen LogP contribution in [0.1, 0.15) is 36.2 Å². The van der Waals surface area contributed by atoms with Crippen molar-refractivity contribution in [2.75, 3.05) is 44.2 Å². The minimum Gasteiger partial charge on any atom is -0.352 e. The van der Waals surface area contributed by atoms with Gasteiger partial charge in [0.1, 0.15) is 6.54 Å². The van der Waals surface area contributed by atoms with Gasteiger partial charge in [0.25, 0.3) is 5.91 Å². The van der Waals surface area contributed by atoms with Crippen LogP contribution in [-0.4, -0.2) is 71.1 Å². The number of benzene rings is 2. The van der Waals surface area contributed by atoms with Crippen molar-refractivity contribution in [1.82, 2.24) is 20.0 Å². The molecule has 1 fully saturated rings. The van der Waals surface area contributed by atoms with E-state index in [2.05, 4.69) is 60.1 Å². The Bertz CT molecular complexity index is 1140. The molecule has 0 bridgehead atoms. The number of carbonyl (C=O) groups is 2. The molecule has 0 unspecified atom stereocenters. The Kier molecular flexibility index (Phi) is 8.31. The first kappa shape index (κ1) is 25.4. The van der Waals surface area contributed by atoms with Crippen molar-refractivity contribution in [1.29, 1.82) is 0 Å². The van der Waals surface area contributed by atoms with Crippen LogP contribution in [0.5, 0.6) is 0 Å². The van der Waals surface area contributed by atoms with E-state index in [-0.39, 0.29) is 18.4 Å². The van der Waals surface area contributed by atoms with E-state index < -0.39 is 0 Å². The standard InChI is InChI=1S/C29H35N5O2/c1-4-22(2)20-34(29(36)25-8-6-5-7-9-25)21-28(35)33-18-16-32(17-19-33)27-15-14-26(30-31-27)24-12-10-23(3)11-13-24/h5-15,22H,4,16-21H2,1-3H3/t22-/m0/s1. The van der Waals surface area contributed by atoms with Crippen LogP contribution in [0.15, 0.2) is 66.7 Å². The number of hydrogen-bond acceptors (Lipinski definition) is 5. The van der Waals surface area contributed by atoms with Gasteiger partial charge in [0.15, 0.2) is 5.82 Å². The van der Waals surface area contributed by atoms with Crippen LogP contribution < -0.4 is 4.90 Å². The highest BCUT2D eigenvalue weighted by molar-refractivity contribution is 5.96. The second kappa shape index (κ2) is 11.8. The average Bonchev–Trinajstić information content (AvgIpc) is 2.93. The summed E-state index contributed by atoms with van der Waals surface area (Å²) in [6, 6.07) is 21.4. The zero-order valence-corrected chi connectivity index (χ0v) is 21.4. The number of amides is 2. The van der Waals surface area contributed by atoms with Gasteiger partial charge in [-0.1, -0.05) is 68.3 Å². The van der Waals surface area contributed by atoms with Crippen LogP contribution in [-0.2, 0) is 4.79 Å². The zero-order chi connectivity index (χ0) is 25.5. The zero-order valence-electron chi connectivity index (χ0n) is 21.4. The molecule has 0 N–H and O–H groups in total. The molecule has 0 spiro atoms. The van der Waals surface area contributed by atoms with Crippen molar-refractivity contribution >= 4 is 17.6 Å². The lowest BCUT2D eigenvalue weighted by atomic mass is 10.1. The van der Waals surface area contributed by atoms with Crippen molar-refractivity contribution < 1.29 is 9.59 Å². The van der Waals surface area contributed by atoms with Crippen LogP contribution in [0.4, 0.5) is 5.82 Å². The second-order valence-electron chi connectivity index (χ2n) is 9.58. The third-order valence-corrected chi connectivity index (χ3v) is 6.82. The summed E-state index contributed by atoms with van der Waals surface area (Å²) in [6.45, 7) is 9.50. The van der Waals surface area contributed by atoms with Crippen LogP contribution in [0.2, 0.25) is 0 Å². The molecule has 2 amide bonds. The van der Waals surface area contributed by atoms with Crippen molar-refractivity contribution in [2.45, 2.75) is 27.2 Å². The van der Waals surface area contributed by atoms with E-state index >= 15 is 0 Å². The first-order chi connectivity index (χ1) is 17.4. The maximum atomic E-state index is 13.2. The first-order valence-corrected chi connectivity index (χ1v) is 12.7. The molecule has 1 aliphatic rings. The maximum absolute atomic E-state index is 13.2. The molecule has 3 aromatic rings. The molecule has 0 radical (unpaired) electrons. The predicted octanol–water partition coefficient (Wildman–Crippen LogP) is 4.29. The summed E-state index contributed by atoms with van der Waals surface area (Å²) >= 11 is 0. The molecule has 1 aliphatic heterocycles. The lowest BCUT2D eigenvalue weighted by Gasteiger charge is -2.36. The lowest BCUT2D eigenvalue weighted by Crippen LogP contribution is -2.52. The van der Waals surface area contributed by atoms with E-state index in [1.807, 2.05) is 35.2 Å². The van der Waals surface area contributed by atoms with Crippen LogP contribution in [0, 0.1) is 12.8 Å². The number of rotatable bonds is 8.